The van der Waals surface area contributed by atoms with Gasteiger partial charge in [-0.05, 0) is 31.0 Å². The van der Waals surface area contributed by atoms with Crippen molar-refractivity contribution in [3.63, 3.8) is 0 Å². The summed E-state index contributed by atoms with van der Waals surface area (Å²) in [5.41, 5.74) is 1.20. The third-order valence-electron chi connectivity index (χ3n) is 4.21. The van der Waals surface area contributed by atoms with E-state index in [4.69, 9.17) is 9.29 Å². The average molecular weight is 439 g/mol. The SMILES string of the molecule is CC=Cc1ccc(OC)cc1.CCCCCCCCCCCCOS(=O)(=O)O.[H-].[Na+]. The monoisotopic (exact) mass is 438 g/mol. The standard InChI is InChI=1S/C12H26O4S.C10H12O.Na.H/c1-2-3-4-5-6-7-8-9-10-11-12-16-17(13,14)15;1-3-4-9-5-7-10(11-2)8-6-9;;/h2-12H2,1H3,(H,13,14,15);3-8H,1-2H3;;/q;;+1;-1. The van der Waals surface area contributed by atoms with Crippen LogP contribution in [-0.4, -0.2) is 26.7 Å². The molecule has 7 heteroatoms. The quantitative estimate of drug-likeness (QED) is 0.273. The number of hydrogen-bond acceptors (Lipinski definition) is 4. The normalized spacial score (nSPS) is 10.9. The van der Waals surface area contributed by atoms with Crippen LogP contribution in [0.3, 0.4) is 0 Å². The third-order valence-corrected chi connectivity index (χ3v) is 4.67. The van der Waals surface area contributed by atoms with Crippen molar-refractivity contribution in [2.24, 2.45) is 0 Å². The Hall–Kier alpha value is -0.370. The molecule has 1 aromatic rings. The minimum Gasteiger partial charge on any atom is -1.00 e. The van der Waals surface area contributed by atoms with Gasteiger partial charge in [-0.25, -0.2) is 4.18 Å². The third kappa shape index (κ3) is 22.1. The summed E-state index contributed by atoms with van der Waals surface area (Å²) in [7, 11) is -2.56. The summed E-state index contributed by atoms with van der Waals surface area (Å²) in [6, 6.07) is 7.96. The maximum Gasteiger partial charge on any atom is 1.00 e. The van der Waals surface area contributed by atoms with Gasteiger partial charge in [0.2, 0.25) is 0 Å². The Morgan fingerprint density at radius 3 is 1.83 bits per heavy atom. The van der Waals surface area contributed by atoms with Crippen LogP contribution in [0.1, 0.15) is 85.0 Å². The second-order valence-electron chi connectivity index (χ2n) is 6.70. The van der Waals surface area contributed by atoms with Crippen LogP contribution < -0.4 is 34.3 Å². The number of unbranched alkanes of at least 4 members (excludes halogenated alkanes) is 9. The smallest absolute Gasteiger partial charge is 1.00 e. The van der Waals surface area contributed by atoms with Crippen LogP contribution in [0.4, 0.5) is 0 Å². The number of ether oxygens (including phenoxy) is 1. The zero-order valence-electron chi connectivity index (χ0n) is 19.7. The van der Waals surface area contributed by atoms with Crippen LogP contribution in [0.5, 0.6) is 5.75 Å². The van der Waals surface area contributed by atoms with Crippen LogP contribution in [0.25, 0.3) is 6.08 Å². The van der Waals surface area contributed by atoms with Crippen molar-refractivity contribution >= 4 is 16.5 Å². The van der Waals surface area contributed by atoms with Gasteiger partial charge in [0.1, 0.15) is 5.75 Å². The zero-order valence-corrected chi connectivity index (χ0v) is 21.5. The summed E-state index contributed by atoms with van der Waals surface area (Å²) >= 11 is 0. The van der Waals surface area contributed by atoms with Gasteiger partial charge >= 0.3 is 40.0 Å². The number of hydrogen-bond donors (Lipinski definition) is 1. The van der Waals surface area contributed by atoms with Crippen molar-refractivity contribution in [1.29, 1.82) is 0 Å². The molecule has 0 amide bonds. The predicted octanol–water partition coefficient (Wildman–Crippen LogP) is 3.57. The van der Waals surface area contributed by atoms with E-state index in [2.05, 4.69) is 17.2 Å². The van der Waals surface area contributed by atoms with Crippen LogP contribution in [0.2, 0.25) is 0 Å². The molecule has 29 heavy (non-hydrogen) atoms. The Morgan fingerprint density at radius 1 is 0.931 bits per heavy atom. The second-order valence-corrected chi connectivity index (χ2v) is 7.80. The van der Waals surface area contributed by atoms with Crippen molar-refractivity contribution in [3.8, 4) is 5.75 Å². The second kappa shape index (κ2) is 20.9. The summed E-state index contributed by atoms with van der Waals surface area (Å²) in [6.45, 7) is 4.31. The van der Waals surface area contributed by atoms with Gasteiger partial charge in [0, 0.05) is 0 Å². The number of methoxy groups -OCH3 is 1. The van der Waals surface area contributed by atoms with Crippen molar-refractivity contribution in [2.45, 2.75) is 78.1 Å². The van der Waals surface area contributed by atoms with Gasteiger partial charge in [-0.3, -0.25) is 4.55 Å². The molecule has 0 aliphatic heterocycles. The fourth-order valence-electron chi connectivity index (χ4n) is 2.66. The Morgan fingerprint density at radius 2 is 1.41 bits per heavy atom. The van der Waals surface area contributed by atoms with Crippen molar-refractivity contribution < 1.29 is 52.9 Å². The summed E-state index contributed by atoms with van der Waals surface area (Å²) in [4.78, 5) is 0. The number of allylic oxidation sites excluding steroid dienone is 1. The van der Waals surface area contributed by atoms with Crippen LogP contribution in [0.15, 0.2) is 30.3 Å². The molecule has 5 nitrogen and oxygen atoms in total. The largest absolute Gasteiger partial charge is 1.00 e. The maximum absolute atomic E-state index is 10.2. The van der Waals surface area contributed by atoms with E-state index in [0.717, 1.165) is 18.6 Å². The summed E-state index contributed by atoms with van der Waals surface area (Å²) in [6.07, 6.45) is 15.9. The fourth-order valence-corrected chi connectivity index (χ4v) is 2.99. The summed E-state index contributed by atoms with van der Waals surface area (Å²) in [5.74, 6) is 0.901. The molecule has 0 saturated carbocycles. The molecule has 0 aromatic heterocycles. The first kappa shape index (κ1) is 30.8. The zero-order chi connectivity index (χ0) is 21.1. The first-order chi connectivity index (χ1) is 13.4. The van der Waals surface area contributed by atoms with Gasteiger partial charge in [0.05, 0.1) is 13.7 Å². The van der Waals surface area contributed by atoms with Gasteiger partial charge in [-0.15, -0.1) is 0 Å². The Kier molecular flexibility index (Phi) is 22.2. The van der Waals surface area contributed by atoms with Gasteiger partial charge in [-0.2, -0.15) is 8.42 Å². The van der Waals surface area contributed by atoms with E-state index in [1.54, 1.807) is 7.11 Å². The first-order valence-corrected chi connectivity index (χ1v) is 11.7. The summed E-state index contributed by atoms with van der Waals surface area (Å²) in [5, 5.41) is 0. The molecule has 0 heterocycles. The van der Waals surface area contributed by atoms with E-state index in [-0.39, 0.29) is 37.6 Å². The molecule has 0 unspecified atom stereocenters. The number of rotatable bonds is 14. The number of benzene rings is 1. The molecule has 1 N–H and O–H groups in total. The van der Waals surface area contributed by atoms with E-state index < -0.39 is 10.4 Å². The molecule has 1 aromatic carbocycles. The van der Waals surface area contributed by atoms with Gasteiger partial charge in [-0.1, -0.05) is 89.0 Å². The molecule has 0 spiro atoms. The minimum absolute atomic E-state index is 0. The molecular weight excluding hydrogens is 399 g/mol. The molecule has 0 saturated heterocycles. The molecule has 0 atom stereocenters. The van der Waals surface area contributed by atoms with Crippen molar-refractivity contribution in [3.05, 3.63) is 35.9 Å². The maximum atomic E-state index is 10.2. The Bertz CT molecular complexity index is 606. The van der Waals surface area contributed by atoms with Crippen molar-refractivity contribution in [2.75, 3.05) is 13.7 Å². The van der Waals surface area contributed by atoms with E-state index in [0.29, 0.717) is 6.42 Å². The topological polar surface area (TPSA) is 72.8 Å². The molecular formula is C22H39NaO5S. The van der Waals surface area contributed by atoms with Gasteiger partial charge in [0.25, 0.3) is 0 Å². The molecule has 164 valence electrons. The minimum atomic E-state index is -4.23. The van der Waals surface area contributed by atoms with E-state index in [1.807, 2.05) is 37.3 Å². The van der Waals surface area contributed by atoms with Crippen molar-refractivity contribution in [1.82, 2.24) is 0 Å². The molecule has 1 rings (SSSR count). The Balaban J connectivity index is -0.000000489. The fraction of sp³-hybridized carbons (Fsp3) is 0.636. The average Bonchev–Trinajstić information content (AvgIpc) is 2.67. The van der Waals surface area contributed by atoms with Gasteiger partial charge < -0.3 is 6.16 Å². The molecule has 0 aliphatic carbocycles. The van der Waals surface area contributed by atoms with Crippen LogP contribution in [0, 0.1) is 0 Å². The van der Waals surface area contributed by atoms with Crippen LogP contribution >= 0.6 is 0 Å². The Labute approximate surface area is 202 Å². The van der Waals surface area contributed by atoms with Gasteiger partial charge in [0.15, 0.2) is 0 Å². The molecule has 0 fully saturated rings. The first-order valence-electron chi connectivity index (χ1n) is 10.3. The van der Waals surface area contributed by atoms with E-state index >= 15 is 0 Å². The molecule has 0 bridgehead atoms. The summed E-state index contributed by atoms with van der Waals surface area (Å²) < 4.78 is 38.0. The molecule has 0 aliphatic rings. The van der Waals surface area contributed by atoms with E-state index in [9.17, 15) is 8.42 Å². The molecule has 0 radical (unpaired) electrons. The van der Waals surface area contributed by atoms with Crippen LogP contribution in [-0.2, 0) is 14.6 Å². The predicted molar refractivity (Wildman–Crippen MR) is 118 cm³/mol. The van der Waals surface area contributed by atoms with E-state index in [1.165, 1.54) is 50.5 Å².